The van der Waals surface area contributed by atoms with Gasteiger partial charge >= 0.3 is 13.8 Å². The number of unbranched alkanes of at least 4 members (excludes halogenated alkanes) is 19. The molecule has 3 N–H and O–H groups in total. The first kappa shape index (κ1) is 54.7. The van der Waals surface area contributed by atoms with Gasteiger partial charge in [0.25, 0.3) is 0 Å². The molecule has 1 amide bonds. The third kappa shape index (κ3) is 44.7. The minimum atomic E-state index is -4.42. The third-order valence-corrected chi connectivity index (χ3v) is 10.4. The Hall–Kier alpha value is -2.29. The van der Waals surface area contributed by atoms with Gasteiger partial charge in [-0.25, -0.2) is 4.57 Å². The van der Waals surface area contributed by atoms with Gasteiger partial charge in [0.1, 0.15) is 12.7 Å². The molecule has 0 bridgehead atoms. The number of aliphatic hydroxyl groups excluding tert-OH is 1. The molecular weight excluding hydrogens is 737 g/mol. The second-order valence-electron chi connectivity index (χ2n) is 15.0. The lowest BCUT2D eigenvalue weighted by Gasteiger charge is -2.15. The van der Waals surface area contributed by atoms with Crippen molar-refractivity contribution in [3.63, 3.8) is 0 Å². The molecule has 2 unspecified atom stereocenters. The summed E-state index contributed by atoms with van der Waals surface area (Å²) in [4.78, 5) is 33.9. The summed E-state index contributed by atoms with van der Waals surface area (Å²) in [6, 6.07) is 0. The molecule has 0 aromatic rings. The highest BCUT2D eigenvalue weighted by Gasteiger charge is 2.23. The van der Waals surface area contributed by atoms with Crippen molar-refractivity contribution in [2.45, 2.75) is 200 Å². The average molecular weight is 822 g/mol. The summed E-state index contributed by atoms with van der Waals surface area (Å²) in [6.45, 7) is 3.44. The Bertz CT molecular complexity index is 1120. The fourth-order valence-corrected chi connectivity index (χ4v) is 6.71. The molecule has 2 atom stereocenters. The zero-order valence-electron chi connectivity index (χ0n) is 36.3. The first-order valence-corrected chi connectivity index (χ1v) is 24.3. The van der Waals surface area contributed by atoms with Crippen LogP contribution in [0.15, 0.2) is 60.8 Å². The summed E-state index contributed by atoms with van der Waals surface area (Å²) in [7, 11) is -4.42. The number of hydrogen-bond acceptors (Lipinski definition) is 7. The van der Waals surface area contributed by atoms with Gasteiger partial charge in [-0.15, -0.1) is 0 Å². The second kappa shape index (κ2) is 43.3. The number of carbonyl (C=O) groups excluding carboxylic acids is 2. The van der Waals surface area contributed by atoms with Gasteiger partial charge in [0.15, 0.2) is 0 Å². The van der Waals surface area contributed by atoms with Gasteiger partial charge in [-0.05, 0) is 77.0 Å². The van der Waals surface area contributed by atoms with Crippen molar-refractivity contribution in [1.82, 2.24) is 5.32 Å². The second-order valence-corrected chi connectivity index (χ2v) is 16.5. The Labute approximate surface area is 348 Å². The third-order valence-electron chi connectivity index (χ3n) is 9.40. The molecule has 0 aromatic heterocycles. The molecule has 0 aromatic carbocycles. The number of carbonyl (C=O) groups is 2. The monoisotopic (exact) mass is 822 g/mol. The van der Waals surface area contributed by atoms with E-state index in [9.17, 15) is 24.2 Å². The number of hydrogen-bond donors (Lipinski definition) is 3. The number of amides is 1. The van der Waals surface area contributed by atoms with Gasteiger partial charge in [-0.2, -0.15) is 0 Å². The highest BCUT2D eigenvalue weighted by atomic mass is 31.2. The summed E-state index contributed by atoms with van der Waals surface area (Å²) >= 11 is 0. The van der Waals surface area contributed by atoms with E-state index in [1.807, 2.05) is 0 Å². The zero-order chi connectivity index (χ0) is 41.8. The smallest absolute Gasteiger partial charge is 0.463 e. The van der Waals surface area contributed by atoms with E-state index in [4.69, 9.17) is 13.8 Å². The van der Waals surface area contributed by atoms with Crippen molar-refractivity contribution in [1.29, 1.82) is 0 Å². The molecule has 0 rings (SSSR count). The van der Waals surface area contributed by atoms with Crippen molar-refractivity contribution in [3.05, 3.63) is 60.8 Å². The lowest BCUT2D eigenvalue weighted by Crippen LogP contribution is -2.27. The van der Waals surface area contributed by atoms with Crippen LogP contribution in [0.25, 0.3) is 0 Å². The van der Waals surface area contributed by atoms with E-state index in [2.05, 4.69) is 79.9 Å². The Morgan fingerprint density at radius 2 is 0.982 bits per heavy atom. The number of nitrogens with one attached hydrogen (secondary N) is 1. The minimum absolute atomic E-state index is 0.0754. The van der Waals surface area contributed by atoms with Gasteiger partial charge in [-0.3, -0.25) is 18.6 Å². The van der Waals surface area contributed by atoms with Crippen molar-refractivity contribution < 1.29 is 37.9 Å². The molecule has 10 heteroatoms. The molecule has 0 aliphatic rings. The Morgan fingerprint density at radius 1 is 0.544 bits per heavy atom. The van der Waals surface area contributed by atoms with Crippen molar-refractivity contribution >= 4 is 19.7 Å². The zero-order valence-corrected chi connectivity index (χ0v) is 37.2. The Morgan fingerprint density at radius 3 is 1.49 bits per heavy atom. The number of phosphoric ester groups is 1. The van der Waals surface area contributed by atoms with Crippen LogP contribution in [0.3, 0.4) is 0 Å². The summed E-state index contributed by atoms with van der Waals surface area (Å²) in [5, 5.41) is 12.7. The van der Waals surface area contributed by atoms with Gasteiger partial charge < -0.3 is 20.1 Å². The molecule has 57 heavy (non-hydrogen) atoms. The van der Waals surface area contributed by atoms with Crippen molar-refractivity contribution in [2.24, 2.45) is 0 Å². The fraction of sp³-hybridized carbons (Fsp3) is 0.745. The van der Waals surface area contributed by atoms with E-state index < -0.39 is 26.5 Å². The van der Waals surface area contributed by atoms with Crippen LogP contribution in [-0.2, 0) is 27.9 Å². The first-order chi connectivity index (χ1) is 27.8. The van der Waals surface area contributed by atoms with Crippen LogP contribution in [-0.4, -0.2) is 54.3 Å². The highest BCUT2D eigenvalue weighted by Crippen LogP contribution is 2.42. The number of ether oxygens (including phenoxy) is 1. The summed E-state index contributed by atoms with van der Waals surface area (Å²) in [6.07, 6.45) is 51.5. The number of esters is 1. The highest BCUT2D eigenvalue weighted by molar-refractivity contribution is 7.47. The number of phosphoric acid groups is 1. The summed E-state index contributed by atoms with van der Waals surface area (Å²) < 4.78 is 26.9. The van der Waals surface area contributed by atoms with Crippen molar-refractivity contribution in [2.75, 3.05) is 26.4 Å². The van der Waals surface area contributed by atoms with E-state index in [0.29, 0.717) is 6.42 Å². The normalized spacial score (nSPS) is 13.8. The molecule has 9 nitrogen and oxygen atoms in total. The molecule has 0 spiro atoms. The molecule has 330 valence electrons. The van der Waals surface area contributed by atoms with Gasteiger partial charge in [0, 0.05) is 19.4 Å². The molecule has 0 fully saturated rings. The predicted octanol–water partition coefficient (Wildman–Crippen LogP) is 12.9. The van der Waals surface area contributed by atoms with Crippen LogP contribution in [0, 0.1) is 0 Å². The molecular formula is C47H84NO8P. The first-order valence-electron chi connectivity index (χ1n) is 22.8. The molecule has 0 saturated carbocycles. The molecule has 0 aliphatic heterocycles. The van der Waals surface area contributed by atoms with E-state index in [1.54, 1.807) is 0 Å². The molecule has 0 saturated heterocycles. The number of rotatable bonds is 42. The number of aliphatic hydroxyl groups is 1. The van der Waals surface area contributed by atoms with Crippen LogP contribution in [0.2, 0.25) is 0 Å². The van der Waals surface area contributed by atoms with Crippen LogP contribution < -0.4 is 5.32 Å². The maximum absolute atomic E-state index is 12.1. The van der Waals surface area contributed by atoms with E-state index >= 15 is 0 Å². The standard InChI is InChI=1S/C47H84NO8P/c1-3-5-7-9-11-13-15-17-18-19-20-21-22-23-24-25-26-28-29-31-33-35-37-39-46(50)48-41-42-55-57(52,53)56-44-45(49)43-54-47(51)40-38-36-34-32-30-27-16-14-12-10-8-6-4-2/h8,10-11,13-14,16-18,20-21,45,49H,3-7,9,12,15,19,22-44H2,1-2H3,(H,48,50)(H,52,53)/b10-8-,13-11-,16-14-,18-17-,21-20-. The van der Waals surface area contributed by atoms with Gasteiger partial charge in [0.2, 0.25) is 5.91 Å². The SMILES string of the molecule is CCC/C=C\C/C=C\CCCCCCCC(=O)OCC(O)COP(=O)(O)OCCNC(=O)CCCCCCCCCCCC/C=C\C/C=C\C/C=C\CCCCC. The minimum Gasteiger partial charge on any atom is -0.463 e. The Kier molecular flexibility index (Phi) is 41.6. The van der Waals surface area contributed by atoms with E-state index in [1.165, 1.54) is 83.5 Å². The molecule has 0 aliphatic carbocycles. The van der Waals surface area contributed by atoms with Gasteiger partial charge in [0.05, 0.1) is 13.2 Å². The van der Waals surface area contributed by atoms with Crippen LogP contribution in [0.1, 0.15) is 194 Å². The fourth-order valence-electron chi connectivity index (χ4n) is 5.95. The molecule has 0 heterocycles. The topological polar surface area (TPSA) is 131 Å². The average Bonchev–Trinajstić information content (AvgIpc) is 3.20. The Balaban J connectivity index is 3.59. The van der Waals surface area contributed by atoms with Crippen molar-refractivity contribution in [3.8, 4) is 0 Å². The van der Waals surface area contributed by atoms with Crippen LogP contribution in [0.5, 0.6) is 0 Å². The van der Waals surface area contributed by atoms with Crippen LogP contribution in [0.4, 0.5) is 0 Å². The van der Waals surface area contributed by atoms with E-state index in [-0.39, 0.29) is 32.1 Å². The van der Waals surface area contributed by atoms with Crippen LogP contribution >= 0.6 is 7.82 Å². The predicted molar refractivity (Wildman–Crippen MR) is 238 cm³/mol. The summed E-state index contributed by atoms with van der Waals surface area (Å²) in [5.74, 6) is -0.537. The number of allylic oxidation sites excluding steroid dienone is 10. The lowest BCUT2D eigenvalue weighted by molar-refractivity contribution is -0.147. The largest absolute Gasteiger partial charge is 0.472 e. The maximum atomic E-state index is 12.1. The van der Waals surface area contributed by atoms with E-state index in [0.717, 1.165) is 83.5 Å². The van der Waals surface area contributed by atoms with Gasteiger partial charge in [-0.1, -0.05) is 164 Å². The maximum Gasteiger partial charge on any atom is 0.472 e. The lowest BCUT2D eigenvalue weighted by atomic mass is 10.0. The molecule has 0 radical (unpaired) electrons. The summed E-state index contributed by atoms with van der Waals surface area (Å²) in [5.41, 5.74) is 0. The quantitative estimate of drug-likeness (QED) is 0.0240.